The van der Waals surface area contributed by atoms with Crippen LogP contribution < -0.4 is 10.6 Å². The summed E-state index contributed by atoms with van der Waals surface area (Å²) in [6.45, 7) is 4.60. The molecule has 1 atom stereocenters. The minimum atomic E-state index is -0.0845. The third-order valence-electron chi connectivity index (χ3n) is 4.65. The summed E-state index contributed by atoms with van der Waals surface area (Å²) < 4.78 is 0. The first-order valence-corrected chi connectivity index (χ1v) is 11.0. The van der Waals surface area contributed by atoms with Gasteiger partial charge >= 0.3 is 0 Å². The van der Waals surface area contributed by atoms with Crippen LogP contribution in [0.2, 0.25) is 0 Å². The fraction of sp³-hybridized carbons (Fsp3) is 0.238. The third kappa shape index (κ3) is 4.28. The Morgan fingerprint density at radius 1 is 1.17 bits per heavy atom. The normalized spacial score (nSPS) is 12.1. The molecule has 0 saturated carbocycles. The highest BCUT2D eigenvalue weighted by Gasteiger charge is 2.20. The van der Waals surface area contributed by atoms with Crippen molar-refractivity contribution < 1.29 is 4.79 Å². The van der Waals surface area contributed by atoms with Crippen LogP contribution >= 0.6 is 22.7 Å². The lowest BCUT2D eigenvalue weighted by Crippen LogP contribution is -2.25. The number of hydrogen-bond acceptors (Lipinski definition) is 7. The number of amides is 1. The van der Waals surface area contributed by atoms with Gasteiger partial charge in [0.25, 0.3) is 5.91 Å². The van der Waals surface area contributed by atoms with Gasteiger partial charge in [0, 0.05) is 29.7 Å². The zero-order valence-electron chi connectivity index (χ0n) is 16.2. The minimum Gasteiger partial charge on any atom is -0.362 e. The zero-order chi connectivity index (χ0) is 20.2. The summed E-state index contributed by atoms with van der Waals surface area (Å²) in [4.78, 5) is 28.6. The molecule has 4 aromatic heterocycles. The summed E-state index contributed by atoms with van der Waals surface area (Å²) in [6, 6.07) is 10.1. The monoisotopic (exact) mass is 423 g/mol. The van der Waals surface area contributed by atoms with E-state index in [1.165, 1.54) is 16.2 Å². The van der Waals surface area contributed by atoms with E-state index in [1.54, 1.807) is 23.9 Å². The van der Waals surface area contributed by atoms with E-state index in [0.29, 0.717) is 17.8 Å². The number of aryl methyl sites for hydroxylation is 1. The number of carbonyl (C=O) groups is 1. The predicted octanol–water partition coefficient (Wildman–Crippen LogP) is 4.60. The van der Waals surface area contributed by atoms with Gasteiger partial charge in [-0.2, -0.15) is 0 Å². The molecule has 0 spiro atoms. The molecule has 29 heavy (non-hydrogen) atoms. The fourth-order valence-electron chi connectivity index (χ4n) is 3.14. The van der Waals surface area contributed by atoms with E-state index in [1.807, 2.05) is 31.2 Å². The molecule has 0 aliphatic heterocycles. The highest BCUT2D eigenvalue weighted by atomic mass is 32.1. The summed E-state index contributed by atoms with van der Waals surface area (Å²) in [5, 5.41) is 9.44. The highest BCUT2D eigenvalue weighted by Crippen LogP contribution is 2.35. The molecule has 1 amide bonds. The Labute approximate surface area is 177 Å². The van der Waals surface area contributed by atoms with Gasteiger partial charge in [0.1, 0.15) is 17.0 Å². The molecule has 0 bridgehead atoms. The maximum absolute atomic E-state index is 12.8. The van der Waals surface area contributed by atoms with Crippen LogP contribution in [-0.4, -0.2) is 27.4 Å². The number of hydrogen-bond donors (Lipinski definition) is 2. The van der Waals surface area contributed by atoms with Crippen molar-refractivity contribution in [2.24, 2.45) is 0 Å². The number of nitrogens with zero attached hydrogens (tertiary/aromatic N) is 3. The summed E-state index contributed by atoms with van der Waals surface area (Å²) in [6.07, 6.45) is 4.00. The van der Waals surface area contributed by atoms with Crippen molar-refractivity contribution in [3.8, 4) is 0 Å². The molecule has 4 rings (SSSR count). The van der Waals surface area contributed by atoms with Gasteiger partial charge < -0.3 is 10.6 Å². The molecule has 0 aromatic carbocycles. The Morgan fingerprint density at radius 3 is 2.83 bits per heavy atom. The lowest BCUT2D eigenvalue weighted by Gasteiger charge is -2.13. The fourth-order valence-corrected chi connectivity index (χ4v) is 4.94. The molecule has 0 radical (unpaired) electrons. The van der Waals surface area contributed by atoms with Gasteiger partial charge in [-0.15, -0.1) is 22.7 Å². The number of aromatic nitrogens is 3. The van der Waals surface area contributed by atoms with Crippen molar-refractivity contribution in [3.05, 3.63) is 69.2 Å². The number of fused-ring (bicyclic) bond motifs is 1. The summed E-state index contributed by atoms with van der Waals surface area (Å²) in [7, 11) is 0. The number of anilines is 1. The Bertz CT molecular complexity index is 1110. The third-order valence-corrected chi connectivity index (χ3v) is 6.90. The molecule has 0 aliphatic carbocycles. The van der Waals surface area contributed by atoms with Crippen LogP contribution in [0.3, 0.4) is 0 Å². The first kappa shape index (κ1) is 19.5. The van der Waals surface area contributed by atoms with Gasteiger partial charge in [-0.1, -0.05) is 12.1 Å². The molecular weight excluding hydrogens is 402 g/mol. The topological polar surface area (TPSA) is 79.8 Å². The van der Waals surface area contributed by atoms with E-state index in [-0.39, 0.29) is 11.9 Å². The Balaban J connectivity index is 1.51. The minimum absolute atomic E-state index is 0.0845. The Morgan fingerprint density at radius 2 is 2.07 bits per heavy atom. The molecule has 1 unspecified atom stereocenters. The van der Waals surface area contributed by atoms with Gasteiger partial charge in [-0.05, 0) is 43.0 Å². The Kier molecular flexibility index (Phi) is 5.82. The second kappa shape index (κ2) is 8.67. The van der Waals surface area contributed by atoms with Gasteiger partial charge in [0.15, 0.2) is 0 Å². The zero-order valence-corrected chi connectivity index (χ0v) is 17.8. The molecule has 0 saturated heterocycles. The van der Waals surface area contributed by atoms with Crippen LogP contribution in [0, 0.1) is 6.92 Å². The van der Waals surface area contributed by atoms with Gasteiger partial charge in [0.2, 0.25) is 0 Å². The molecule has 148 valence electrons. The lowest BCUT2D eigenvalue weighted by molar-refractivity contribution is 0.0957. The van der Waals surface area contributed by atoms with E-state index in [0.717, 1.165) is 27.3 Å². The second-order valence-electron chi connectivity index (χ2n) is 6.67. The second-order valence-corrected chi connectivity index (χ2v) is 8.65. The standard InChI is InChI=1S/C21H21N5OS2/c1-13-17-19(26-14(2)16-7-5-11-28-16)24-12-25-21(17)29-18(13)20(27)23-10-8-15-6-3-4-9-22-15/h3-7,9,11-12,14H,8,10H2,1-2H3,(H,23,27)(H,24,25,26). The highest BCUT2D eigenvalue weighted by molar-refractivity contribution is 7.20. The van der Waals surface area contributed by atoms with Crippen LogP contribution in [0.1, 0.15) is 38.8 Å². The SMILES string of the molecule is Cc1c(C(=O)NCCc2ccccn2)sc2ncnc(NC(C)c3cccs3)c12. The van der Waals surface area contributed by atoms with Crippen LogP contribution in [0.15, 0.2) is 48.2 Å². The molecule has 4 aromatic rings. The summed E-state index contributed by atoms with van der Waals surface area (Å²) in [5.74, 6) is 0.677. The van der Waals surface area contributed by atoms with Crippen LogP contribution in [-0.2, 0) is 6.42 Å². The molecular formula is C21H21N5OS2. The van der Waals surface area contributed by atoms with Gasteiger partial charge in [-0.25, -0.2) is 9.97 Å². The summed E-state index contributed by atoms with van der Waals surface area (Å²) in [5.41, 5.74) is 1.86. The van der Waals surface area contributed by atoms with Gasteiger partial charge in [0.05, 0.1) is 16.3 Å². The summed E-state index contributed by atoms with van der Waals surface area (Å²) >= 11 is 3.11. The van der Waals surface area contributed by atoms with Crippen molar-refractivity contribution in [2.75, 3.05) is 11.9 Å². The van der Waals surface area contributed by atoms with Gasteiger partial charge in [-0.3, -0.25) is 9.78 Å². The number of nitrogens with one attached hydrogen (secondary N) is 2. The predicted molar refractivity (Wildman–Crippen MR) is 119 cm³/mol. The average Bonchev–Trinajstić information content (AvgIpc) is 3.38. The number of pyridine rings is 1. The molecule has 0 aliphatic rings. The molecule has 6 nitrogen and oxygen atoms in total. The first-order valence-electron chi connectivity index (χ1n) is 9.35. The maximum atomic E-state index is 12.8. The van der Waals surface area contributed by atoms with E-state index < -0.39 is 0 Å². The number of rotatable bonds is 7. The van der Waals surface area contributed by atoms with E-state index in [4.69, 9.17) is 0 Å². The van der Waals surface area contributed by atoms with Crippen molar-refractivity contribution >= 4 is 44.6 Å². The van der Waals surface area contributed by atoms with Crippen molar-refractivity contribution in [2.45, 2.75) is 26.3 Å². The lowest BCUT2D eigenvalue weighted by atomic mass is 10.2. The molecule has 8 heteroatoms. The van der Waals surface area contributed by atoms with Crippen LogP contribution in [0.4, 0.5) is 5.82 Å². The van der Waals surface area contributed by atoms with Crippen molar-refractivity contribution in [3.63, 3.8) is 0 Å². The number of thiophene rings is 2. The molecule has 0 fully saturated rings. The molecule has 4 heterocycles. The maximum Gasteiger partial charge on any atom is 0.261 e. The van der Waals surface area contributed by atoms with Crippen molar-refractivity contribution in [1.29, 1.82) is 0 Å². The Hall–Kier alpha value is -2.84. The van der Waals surface area contributed by atoms with Crippen LogP contribution in [0.5, 0.6) is 0 Å². The van der Waals surface area contributed by atoms with E-state index in [2.05, 4.69) is 44.0 Å². The van der Waals surface area contributed by atoms with E-state index >= 15 is 0 Å². The molecule has 2 N–H and O–H groups in total. The van der Waals surface area contributed by atoms with Crippen LogP contribution in [0.25, 0.3) is 10.2 Å². The van der Waals surface area contributed by atoms with Crippen molar-refractivity contribution in [1.82, 2.24) is 20.3 Å². The quantitative estimate of drug-likeness (QED) is 0.454. The smallest absolute Gasteiger partial charge is 0.261 e. The average molecular weight is 424 g/mol. The van der Waals surface area contributed by atoms with E-state index in [9.17, 15) is 4.79 Å². The first-order chi connectivity index (χ1) is 14.1. The largest absolute Gasteiger partial charge is 0.362 e. The number of carbonyl (C=O) groups excluding carboxylic acids is 1.